The van der Waals surface area contributed by atoms with E-state index in [1.807, 2.05) is 41.2 Å². The third-order valence-electron chi connectivity index (χ3n) is 5.85. The number of aromatic nitrogens is 1. The molecule has 2 fully saturated rings. The van der Waals surface area contributed by atoms with E-state index < -0.39 is 0 Å². The van der Waals surface area contributed by atoms with Crippen LogP contribution >= 0.6 is 11.6 Å². The second-order valence-electron chi connectivity index (χ2n) is 7.47. The summed E-state index contributed by atoms with van der Waals surface area (Å²) in [5.41, 5.74) is 1.50. The van der Waals surface area contributed by atoms with Crippen LogP contribution in [0.2, 0.25) is 5.02 Å². The second-order valence-corrected chi connectivity index (χ2v) is 7.87. The molecule has 2 aliphatic rings. The van der Waals surface area contributed by atoms with Crippen LogP contribution in [0.5, 0.6) is 0 Å². The Kier molecular flexibility index (Phi) is 5.32. The molecule has 2 saturated heterocycles. The molecule has 5 heteroatoms. The SMILES string of the molecule is O=C(NCC1CCCN2CCCCC12)c1cc(-n2cccc2)ccc1Cl. The summed E-state index contributed by atoms with van der Waals surface area (Å²) in [6.45, 7) is 3.18. The summed E-state index contributed by atoms with van der Waals surface area (Å²) in [4.78, 5) is 15.4. The number of amides is 1. The zero-order valence-electron chi connectivity index (χ0n) is 15.0. The minimum atomic E-state index is -0.0723. The Hall–Kier alpha value is -1.78. The first-order valence-electron chi connectivity index (χ1n) is 9.67. The van der Waals surface area contributed by atoms with Gasteiger partial charge in [0.2, 0.25) is 0 Å². The molecule has 3 heterocycles. The van der Waals surface area contributed by atoms with Crippen LogP contribution in [0.15, 0.2) is 42.7 Å². The average molecular weight is 372 g/mol. The van der Waals surface area contributed by atoms with E-state index in [0.29, 0.717) is 22.5 Å². The molecule has 26 heavy (non-hydrogen) atoms. The number of nitrogens with zero attached hydrogens (tertiary/aromatic N) is 2. The molecular formula is C21H26ClN3O. The molecular weight excluding hydrogens is 346 g/mol. The van der Waals surface area contributed by atoms with Gasteiger partial charge in [-0.05, 0) is 75.0 Å². The van der Waals surface area contributed by atoms with E-state index in [9.17, 15) is 4.79 Å². The van der Waals surface area contributed by atoms with Crippen molar-refractivity contribution in [3.05, 3.63) is 53.3 Å². The minimum Gasteiger partial charge on any atom is -0.352 e. The number of nitrogens with one attached hydrogen (secondary N) is 1. The highest BCUT2D eigenvalue weighted by Crippen LogP contribution is 2.30. The summed E-state index contributed by atoms with van der Waals surface area (Å²) in [6, 6.07) is 10.2. The van der Waals surface area contributed by atoms with Gasteiger partial charge in [0, 0.05) is 30.7 Å². The first kappa shape index (κ1) is 17.6. The molecule has 1 N–H and O–H groups in total. The van der Waals surface area contributed by atoms with Crippen molar-refractivity contribution in [2.24, 2.45) is 5.92 Å². The number of fused-ring (bicyclic) bond motifs is 1. The summed E-state index contributed by atoms with van der Waals surface area (Å²) >= 11 is 6.31. The summed E-state index contributed by atoms with van der Waals surface area (Å²) in [5, 5.41) is 3.66. The van der Waals surface area contributed by atoms with Gasteiger partial charge in [-0.15, -0.1) is 0 Å². The predicted molar refractivity (Wildman–Crippen MR) is 105 cm³/mol. The lowest BCUT2D eigenvalue weighted by Crippen LogP contribution is -2.51. The van der Waals surface area contributed by atoms with E-state index in [4.69, 9.17) is 11.6 Å². The van der Waals surface area contributed by atoms with Gasteiger partial charge >= 0.3 is 0 Å². The molecule has 0 radical (unpaired) electrons. The van der Waals surface area contributed by atoms with Crippen LogP contribution < -0.4 is 5.32 Å². The quantitative estimate of drug-likeness (QED) is 0.877. The van der Waals surface area contributed by atoms with E-state index >= 15 is 0 Å². The number of hydrogen-bond acceptors (Lipinski definition) is 2. The number of hydrogen-bond donors (Lipinski definition) is 1. The van der Waals surface area contributed by atoms with Crippen LogP contribution in [0.4, 0.5) is 0 Å². The zero-order chi connectivity index (χ0) is 17.9. The van der Waals surface area contributed by atoms with Crippen molar-refractivity contribution in [3.63, 3.8) is 0 Å². The van der Waals surface area contributed by atoms with Gasteiger partial charge < -0.3 is 14.8 Å². The fourth-order valence-electron chi connectivity index (χ4n) is 4.49. The summed E-state index contributed by atoms with van der Waals surface area (Å²) in [6.07, 6.45) is 10.3. The second kappa shape index (κ2) is 7.85. The highest BCUT2D eigenvalue weighted by molar-refractivity contribution is 6.33. The van der Waals surface area contributed by atoms with Gasteiger partial charge in [-0.2, -0.15) is 0 Å². The predicted octanol–water partition coefficient (Wildman–Crippen LogP) is 4.13. The molecule has 1 aromatic heterocycles. The Bertz CT molecular complexity index is 757. The monoisotopic (exact) mass is 371 g/mol. The van der Waals surface area contributed by atoms with Crippen molar-refractivity contribution in [1.29, 1.82) is 0 Å². The molecule has 0 bridgehead atoms. The molecule has 0 spiro atoms. The van der Waals surface area contributed by atoms with Crippen molar-refractivity contribution >= 4 is 17.5 Å². The molecule has 2 aliphatic heterocycles. The number of carbonyl (C=O) groups is 1. The fourth-order valence-corrected chi connectivity index (χ4v) is 4.69. The maximum atomic E-state index is 12.8. The van der Waals surface area contributed by atoms with Gasteiger partial charge in [-0.25, -0.2) is 0 Å². The minimum absolute atomic E-state index is 0.0723. The molecule has 0 aliphatic carbocycles. The normalized spacial score (nSPS) is 23.4. The lowest BCUT2D eigenvalue weighted by atomic mass is 9.83. The van der Waals surface area contributed by atoms with Crippen molar-refractivity contribution in [2.45, 2.75) is 38.1 Å². The Balaban J connectivity index is 1.44. The number of benzene rings is 1. The molecule has 4 nitrogen and oxygen atoms in total. The van der Waals surface area contributed by atoms with Crippen LogP contribution in [-0.4, -0.2) is 41.1 Å². The molecule has 1 amide bonds. The van der Waals surface area contributed by atoms with Crippen LogP contribution in [0.1, 0.15) is 42.5 Å². The standard InChI is InChI=1S/C21H26ClN3O/c22-19-9-8-17(24-10-3-4-11-24)14-18(19)21(26)23-15-16-6-5-13-25-12-2-1-7-20(16)25/h3-4,8-11,14,16,20H,1-2,5-7,12-13,15H2,(H,23,26). The number of rotatable bonds is 4. The molecule has 2 unspecified atom stereocenters. The van der Waals surface area contributed by atoms with Gasteiger partial charge in [0.1, 0.15) is 0 Å². The summed E-state index contributed by atoms with van der Waals surface area (Å²) < 4.78 is 1.98. The average Bonchev–Trinajstić information content (AvgIpc) is 3.21. The van der Waals surface area contributed by atoms with E-state index in [1.165, 1.54) is 45.2 Å². The Labute approximate surface area is 160 Å². The van der Waals surface area contributed by atoms with Gasteiger partial charge in [-0.1, -0.05) is 18.0 Å². The Morgan fingerprint density at radius 2 is 1.92 bits per heavy atom. The smallest absolute Gasteiger partial charge is 0.252 e. The van der Waals surface area contributed by atoms with Crippen LogP contribution in [-0.2, 0) is 0 Å². The highest BCUT2D eigenvalue weighted by Gasteiger charge is 2.33. The fraction of sp³-hybridized carbons (Fsp3) is 0.476. The lowest BCUT2D eigenvalue weighted by molar-refractivity contribution is 0.0575. The lowest BCUT2D eigenvalue weighted by Gasteiger charge is -2.44. The maximum Gasteiger partial charge on any atom is 0.252 e. The van der Waals surface area contributed by atoms with Gasteiger partial charge in [0.25, 0.3) is 5.91 Å². The largest absolute Gasteiger partial charge is 0.352 e. The molecule has 0 saturated carbocycles. The molecule has 4 rings (SSSR count). The van der Waals surface area contributed by atoms with Gasteiger partial charge in [-0.3, -0.25) is 4.79 Å². The van der Waals surface area contributed by atoms with Crippen molar-refractivity contribution < 1.29 is 4.79 Å². The molecule has 1 aromatic carbocycles. The summed E-state index contributed by atoms with van der Waals surface area (Å²) in [7, 11) is 0. The first-order valence-corrected chi connectivity index (χ1v) is 10.1. The van der Waals surface area contributed by atoms with E-state index in [-0.39, 0.29) is 5.91 Å². The van der Waals surface area contributed by atoms with Crippen molar-refractivity contribution in [2.75, 3.05) is 19.6 Å². The third kappa shape index (κ3) is 3.67. The van der Waals surface area contributed by atoms with E-state index in [0.717, 1.165) is 12.2 Å². The van der Waals surface area contributed by atoms with Gasteiger partial charge in [0.05, 0.1) is 10.6 Å². The molecule has 138 valence electrons. The van der Waals surface area contributed by atoms with Crippen molar-refractivity contribution in [1.82, 2.24) is 14.8 Å². The number of piperidine rings is 2. The first-order chi connectivity index (χ1) is 12.7. The van der Waals surface area contributed by atoms with Crippen molar-refractivity contribution in [3.8, 4) is 5.69 Å². The third-order valence-corrected chi connectivity index (χ3v) is 6.18. The number of halogens is 1. The van der Waals surface area contributed by atoms with E-state index in [1.54, 1.807) is 6.07 Å². The topological polar surface area (TPSA) is 37.3 Å². The zero-order valence-corrected chi connectivity index (χ0v) is 15.8. The Morgan fingerprint density at radius 1 is 1.12 bits per heavy atom. The van der Waals surface area contributed by atoms with E-state index in [2.05, 4.69) is 10.2 Å². The maximum absolute atomic E-state index is 12.8. The molecule has 2 atom stereocenters. The van der Waals surface area contributed by atoms with Crippen LogP contribution in [0.25, 0.3) is 5.69 Å². The molecule has 2 aromatic rings. The Morgan fingerprint density at radius 3 is 2.77 bits per heavy atom. The highest BCUT2D eigenvalue weighted by atomic mass is 35.5. The van der Waals surface area contributed by atoms with Crippen LogP contribution in [0.3, 0.4) is 0 Å². The van der Waals surface area contributed by atoms with Crippen LogP contribution in [0, 0.1) is 5.92 Å². The number of carbonyl (C=O) groups excluding carboxylic acids is 1. The summed E-state index contributed by atoms with van der Waals surface area (Å²) in [5.74, 6) is 0.483. The van der Waals surface area contributed by atoms with Gasteiger partial charge in [0.15, 0.2) is 0 Å².